The lowest BCUT2D eigenvalue weighted by atomic mass is 9.98. The minimum atomic E-state index is -1.22. The second-order valence-electron chi connectivity index (χ2n) is 6.73. The Hall–Kier alpha value is -2.30. The lowest BCUT2D eigenvalue weighted by molar-refractivity contribution is 0.109. The first kappa shape index (κ1) is 18.5. The molecule has 0 amide bonds. The summed E-state index contributed by atoms with van der Waals surface area (Å²) in [5.74, 6) is 0.178. The summed E-state index contributed by atoms with van der Waals surface area (Å²) < 4.78 is 32.0. The van der Waals surface area contributed by atoms with Crippen LogP contribution < -0.4 is 4.74 Å². The van der Waals surface area contributed by atoms with Crippen LogP contribution >= 0.6 is 0 Å². The molecule has 3 aromatic carbocycles. The highest BCUT2D eigenvalue weighted by Crippen LogP contribution is 2.26. The van der Waals surface area contributed by atoms with Crippen LogP contribution in [0.4, 0.5) is 4.39 Å². The summed E-state index contributed by atoms with van der Waals surface area (Å²) in [6.45, 7) is 3.91. The highest BCUT2D eigenvalue weighted by atomic mass is 32.2. The molecule has 3 aromatic rings. The van der Waals surface area contributed by atoms with Crippen molar-refractivity contribution in [3.05, 3.63) is 90.2 Å². The highest BCUT2D eigenvalue weighted by molar-refractivity contribution is 7.91. The van der Waals surface area contributed by atoms with Gasteiger partial charge in [-0.25, -0.2) is 4.39 Å². The van der Waals surface area contributed by atoms with Crippen molar-refractivity contribution in [2.45, 2.75) is 35.7 Å². The van der Waals surface area contributed by atoms with E-state index in [4.69, 9.17) is 4.74 Å². The third-order valence-electron chi connectivity index (χ3n) is 3.89. The third-order valence-corrected chi connectivity index (χ3v) is 5.27. The molecule has 0 radical (unpaired) electrons. The summed E-state index contributed by atoms with van der Waals surface area (Å²) in [4.78, 5) is 1.54. The molecule has 0 saturated heterocycles. The van der Waals surface area contributed by atoms with Crippen molar-refractivity contribution < 1.29 is 13.7 Å². The van der Waals surface area contributed by atoms with Gasteiger partial charge in [0.2, 0.25) is 0 Å². The van der Waals surface area contributed by atoms with Crippen molar-refractivity contribution in [3.63, 3.8) is 0 Å². The summed E-state index contributed by atoms with van der Waals surface area (Å²) in [6, 6.07) is 23.2. The fourth-order valence-electron chi connectivity index (χ4n) is 2.83. The number of halogens is 1. The molecule has 1 unspecified atom stereocenters. The predicted molar refractivity (Wildman–Crippen MR) is 102 cm³/mol. The summed E-state index contributed by atoms with van der Waals surface area (Å²) >= 11 is -1.22. The fourth-order valence-corrected chi connectivity index (χ4v) is 3.97. The smallest absolute Gasteiger partial charge is 0.158 e. The second kappa shape index (κ2) is 7.94. The van der Waals surface area contributed by atoms with E-state index in [9.17, 15) is 8.94 Å². The first-order valence-corrected chi connectivity index (χ1v) is 9.58. The Morgan fingerprint density at radius 2 is 1.58 bits per heavy atom. The van der Waals surface area contributed by atoms with Crippen LogP contribution in [0.15, 0.2) is 88.7 Å². The number of rotatable bonds is 6. The van der Waals surface area contributed by atoms with E-state index in [1.54, 1.807) is 12.1 Å². The highest BCUT2D eigenvalue weighted by Gasteiger charge is 2.22. The Kier molecular flexibility index (Phi) is 5.64. The summed E-state index contributed by atoms with van der Waals surface area (Å²) in [6.07, 6.45) is 0.614. The van der Waals surface area contributed by atoms with Crippen LogP contribution in [-0.4, -0.2) is 10.2 Å². The van der Waals surface area contributed by atoms with Gasteiger partial charge in [-0.15, -0.1) is 0 Å². The van der Waals surface area contributed by atoms with Gasteiger partial charge in [0.15, 0.2) is 9.79 Å². The molecule has 1 atom stereocenters. The zero-order valence-electron chi connectivity index (χ0n) is 14.8. The van der Waals surface area contributed by atoms with Gasteiger partial charge >= 0.3 is 0 Å². The van der Waals surface area contributed by atoms with Crippen LogP contribution in [0.3, 0.4) is 0 Å². The molecule has 0 aliphatic heterocycles. The summed E-state index contributed by atoms with van der Waals surface area (Å²) in [5, 5.41) is 0. The zero-order valence-corrected chi connectivity index (χ0v) is 15.6. The Morgan fingerprint density at radius 1 is 0.885 bits per heavy atom. The second-order valence-corrected chi connectivity index (χ2v) is 8.21. The van der Waals surface area contributed by atoms with Crippen molar-refractivity contribution in [2.75, 3.05) is 0 Å². The van der Waals surface area contributed by atoms with E-state index in [2.05, 4.69) is 0 Å². The molecule has 0 saturated carbocycles. The largest absolute Gasteiger partial charge is 0.606 e. The molecule has 4 heteroatoms. The molecular formula is C22H21FO2S. The number of ether oxygens (including phenoxy) is 1. The Bertz CT molecular complexity index is 865. The molecule has 0 spiro atoms. The Morgan fingerprint density at radius 3 is 2.31 bits per heavy atom. The van der Waals surface area contributed by atoms with Gasteiger partial charge in [-0.05, 0) is 55.8 Å². The molecule has 0 N–H and O–H groups in total. The van der Waals surface area contributed by atoms with Crippen LogP contribution in [0.2, 0.25) is 0 Å². The van der Waals surface area contributed by atoms with Gasteiger partial charge in [0.05, 0.1) is 0 Å². The predicted octanol–water partition coefficient (Wildman–Crippen LogP) is 5.39. The van der Waals surface area contributed by atoms with E-state index in [0.29, 0.717) is 12.2 Å². The molecule has 0 aliphatic rings. The maximum absolute atomic E-state index is 13.4. The van der Waals surface area contributed by atoms with E-state index >= 15 is 0 Å². The third kappa shape index (κ3) is 4.87. The molecule has 0 bridgehead atoms. The molecule has 26 heavy (non-hydrogen) atoms. The molecule has 0 heterocycles. The molecule has 134 valence electrons. The van der Waals surface area contributed by atoms with E-state index in [0.717, 1.165) is 15.4 Å². The molecule has 0 aliphatic carbocycles. The van der Waals surface area contributed by atoms with E-state index in [-0.39, 0.29) is 5.82 Å². The van der Waals surface area contributed by atoms with Crippen LogP contribution in [0.1, 0.15) is 19.4 Å². The lowest BCUT2D eigenvalue weighted by Crippen LogP contribution is -2.31. The number of hydrogen-bond acceptors (Lipinski definition) is 2. The van der Waals surface area contributed by atoms with Gasteiger partial charge in [0.1, 0.15) is 17.2 Å². The van der Waals surface area contributed by atoms with Gasteiger partial charge in [-0.1, -0.05) is 36.4 Å². The van der Waals surface area contributed by atoms with Gasteiger partial charge in [0, 0.05) is 23.7 Å². The van der Waals surface area contributed by atoms with Crippen LogP contribution in [0, 0.1) is 5.82 Å². The first-order valence-electron chi connectivity index (χ1n) is 8.43. The average molecular weight is 368 g/mol. The summed E-state index contributed by atoms with van der Waals surface area (Å²) in [7, 11) is 0. The first-order chi connectivity index (χ1) is 12.4. The van der Waals surface area contributed by atoms with Crippen molar-refractivity contribution in [1.29, 1.82) is 0 Å². The van der Waals surface area contributed by atoms with Gasteiger partial charge in [0.25, 0.3) is 0 Å². The van der Waals surface area contributed by atoms with Gasteiger partial charge < -0.3 is 9.29 Å². The molecule has 0 aromatic heterocycles. The number of benzene rings is 3. The van der Waals surface area contributed by atoms with Crippen LogP contribution in [0.5, 0.6) is 5.75 Å². The molecule has 3 rings (SSSR count). The minimum absolute atomic E-state index is 0.321. The summed E-state index contributed by atoms with van der Waals surface area (Å²) in [5.41, 5.74) is 0.494. The normalized spacial score (nSPS) is 12.6. The SMILES string of the molecule is CC(C)(Cc1cccc([S+]([O-])c2ccccc2)c1)Oc1cccc(F)c1. The van der Waals surface area contributed by atoms with E-state index in [1.807, 2.05) is 68.4 Å². The lowest BCUT2D eigenvalue weighted by Gasteiger charge is -2.27. The topological polar surface area (TPSA) is 32.3 Å². The monoisotopic (exact) mass is 368 g/mol. The Labute approximate surface area is 156 Å². The fraction of sp³-hybridized carbons (Fsp3) is 0.182. The molecule has 0 fully saturated rings. The van der Waals surface area contributed by atoms with Gasteiger partial charge in [-0.2, -0.15) is 0 Å². The van der Waals surface area contributed by atoms with Crippen molar-refractivity contribution >= 4 is 11.2 Å². The quantitative estimate of drug-likeness (QED) is 0.546. The Balaban J connectivity index is 1.75. The zero-order chi connectivity index (χ0) is 18.6. The van der Waals surface area contributed by atoms with Crippen molar-refractivity contribution in [2.24, 2.45) is 0 Å². The van der Waals surface area contributed by atoms with E-state index in [1.165, 1.54) is 12.1 Å². The van der Waals surface area contributed by atoms with Gasteiger partial charge in [-0.3, -0.25) is 0 Å². The van der Waals surface area contributed by atoms with Crippen molar-refractivity contribution in [3.8, 4) is 5.75 Å². The van der Waals surface area contributed by atoms with Crippen LogP contribution in [-0.2, 0) is 17.6 Å². The van der Waals surface area contributed by atoms with E-state index < -0.39 is 16.8 Å². The molecular weight excluding hydrogens is 347 g/mol. The minimum Gasteiger partial charge on any atom is -0.606 e. The molecule has 2 nitrogen and oxygen atoms in total. The maximum Gasteiger partial charge on any atom is 0.158 e. The van der Waals surface area contributed by atoms with Crippen LogP contribution in [0.25, 0.3) is 0 Å². The number of hydrogen-bond donors (Lipinski definition) is 0. The maximum atomic E-state index is 13.4. The average Bonchev–Trinajstić information content (AvgIpc) is 2.61. The van der Waals surface area contributed by atoms with Crippen molar-refractivity contribution in [1.82, 2.24) is 0 Å². The standard InChI is InChI=1S/C22H21FO2S/c1-22(2,25-19-10-7-9-18(23)15-19)16-17-8-6-13-21(14-17)26(24)20-11-4-3-5-12-20/h3-15H,16H2,1-2H3.